The van der Waals surface area contributed by atoms with Crippen LogP contribution in [0.1, 0.15) is 16.2 Å². The van der Waals surface area contributed by atoms with Gasteiger partial charge in [-0.25, -0.2) is 0 Å². The number of hydrazine groups is 1. The number of rotatable bonds is 5. The maximum absolute atomic E-state index is 11.8. The summed E-state index contributed by atoms with van der Waals surface area (Å²) in [4.78, 5) is 25.8. The minimum atomic E-state index is -0.634. The van der Waals surface area contributed by atoms with Crippen molar-refractivity contribution in [1.29, 1.82) is 0 Å². The highest BCUT2D eigenvalue weighted by atomic mass is 16.6. The molecule has 0 radical (unpaired) electrons. The summed E-state index contributed by atoms with van der Waals surface area (Å²) in [7, 11) is 0. The van der Waals surface area contributed by atoms with Crippen LogP contribution >= 0.6 is 0 Å². The molecule has 1 heterocycles. The van der Waals surface area contributed by atoms with Crippen molar-refractivity contribution in [3.63, 3.8) is 0 Å². The van der Waals surface area contributed by atoms with Crippen LogP contribution < -0.4 is 16.6 Å². The molecule has 1 aromatic carbocycles. The predicted octanol–water partition coefficient (Wildman–Crippen LogP) is 0.193. The SMILES string of the molecule is NNc1ccc(C(=O)NCc2ncon2)cc1[N+](=O)[O-]. The number of aromatic nitrogens is 2. The molecule has 2 aromatic rings. The van der Waals surface area contributed by atoms with Crippen LogP contribution in [-0.4, -0.2) is 21.0 Å². The van der Waals surface area contributed by atoms with Crippen LogP contribution in [-0.2, 0) is 6.54 Å². The first-order valence-electron chi connectivity index (χ1n) is 5.40. The van der Waals surface area contributed by atoms with Gasteiger partial charge < -0.3 is 15.3 Å². The van der Waals surface area contributed by atoms with Crippen LogP contribution in [0.4, 0.5) is 11.4 Å². The zero-order valence-electron chi connectivity index (χ0n) is 10.1. The molecule has 4 N–H and O–H groups in total. The fourth-order valence-electron chi connectivity index (χ4n) is 1.48. The van der Waals surface area contributed by atoms with Crippen molar-refractivity contribution in [2.45, 2.75) is 6.54 Å². The largest absolute Gasteiger partial charge is 0.345 e. The summed E-state index contributed by atoms with van der Waals surface area (Å²) in [6.07, 6.45) is 1.13. The number of nitrogens with two attached hydrogens (primary N) is 1. The Kier molecular flexibility index (Phi) is 3.86. The molecular weight excluding hydrogens is 268 g/mol. The van der Waals surface area contributed by atoms with Crippen molar-refractivity contribution in [3.8, 4) is 0 Å². The molecule has 0 saturated heterocycles. The van der Waals surface area contributed by atoms with Gasteiger partial charge in [0.1, 0.15) is 5.69 Å². The Morgan fingerprint density at radius 1 is 1.50 bits per heavy atom. The van der Waals surface area contributed by atoms with E-state index in [1.165, 1.54) is 12.1 Å². The molecule has 0 unspecified atom stereocenters. The highest BCUT2D eigenvalue weighted by Crippen LogP contribution is 2.24. The molecule has 0 aliphatic heterocycles. The van der Waals surface area contributed by atoms with Gasteiger partial charge in [0, 0.05) is 11.6 Å². The second kappa shape index (κ2) is 5.75. The summed E-state index contributed by atoms with van der Waals surface area (Å²) >= 11 is 0. The van der Waals surface area contributed by atoms with E-state index in [1.54, 1.807) is 0 Å². The number of benzene rings is 1. The number of nitrogens with zero attached hydrogens (tertiary/aromatic N) is 3. The Balaban J connectivity index is 2.13. The van der Waals surface area contributed by atoms with Crippen molar-refractivity contribution >= 4 is 17.3 Å². The molecule has 0 saturated carbocycles. The fourth-order valence-corrected chi connectivity index (χ4v) is 1.48. The van der Waals surface area contributed by atoms with Gasteiger partial charge in [-0.15, -0.1) is 0 Å². The number of hydrogen-bond acceptors (Lipinski definition) is 8. The topological polar surface area (TPSA) is 149 Å². The number of hydrogen-bond donors (Lipinski definition) is 3. The standard InChI is InChI=1S/C10H10N6O4/c11-14-7-2-1-6(3-8(7)16(18)19)10(17)12-4-9-13-5-20-15-9/h1-3,5,14H,4,11H2,(H,12,17). The van der Waals surface area contributed by atoms with Gasteiger partial charge >= 0.3 is 0 Å². The smallest absolute Gasteiger partial charge is 0.294 e. The van der Waals surface area contributed by atoms with Gasteiger partial charge in [0.2, 0.25) is 6.39 Å². The molecule has 20 heavy (non-hydrogen) atoms. The third-order valence-electron chi connectivity index (χ3n) is 2.43. The summed E-state index contributed by atoms with van der Waals surface area (Å²) in [6, 6.07) is 3.88. The lowest BCUT2D eigenvalue weighted by atomic mass is 10.1. The number of carbonyl (C=O) groups is 1. The molecule has 0 aliphatic rings. The molecule has 2 rings (SSSR count). The number of nitrogen functional groups attached to an aromatic ring is 1. The van der Waals surface area contributed by atoms with Gasteiger partial charge in [0.25, 0.3) is 11.6 Å². The van der Waals surface area contributed by atoms with Crippen LogP contribution in [0.2, 0.25) is 0 Å². The average molecular weight is 278 g/mol. The summed E-state index contributed by atoms with van der Waals surface area (Å²) in [5, 5.41) is 16.9. The second-order valence-corrected chi connectivity index (χ2v) is 3.66. The van der Waals surface area contributed by atoms with Crippen molar-refractivity contribution in [1.82, 2.24) is 15.5 Å². The molecule has 0 spiro atoms. The van der Waals surface area contributed by atoms with Crippen LogP contribution in [0, 0.1) is 10.1 Å². The average Bonchev–Trinajstić information content (AvgIpc) is 2.97. The van der Waals surface area contributed by atoms with E-state index in [4.69, 9.17) is 5.84 Å². The second-order valence-electron chi connectivity index (χ2n) is 3.66. The Morgan fingerprint density at radius 3 is 2.90 bits per heavy atom. The van der Waals surface area contributed by atoms with Crippen LogP contribution in [0.15, 0.2) is 29.1 Å². The Labute approximate surface area is 112 Å². The number of nitro benzene ring substituents is 1. The third kappa shape index (κ3) is 2.87. The molecule has 1 amide bonds. The summed E-state index contributed by atoms with van der Waals surface area (Å²) < 4.78 is 4.51. The maximum atomic E-state index is 11.8. The fraction of sp³-hybridized carbons (Fsp3) is 0.100. The molecule has 10 nitrogen and oxygen atoms in total. The quantitative estimate of drug-likeness (QED) is 0.398. The van der Waals surface area contributed by atoms with Gasteiger partial charge in [0.05, 0.1) is 11.5 Å². The summed E-state index contributed by atoms with van der Waals surface area (Å²) in [5.74, 6) is 4.96. The van der Waals surface area contributed by atoms with Gasteiger partial charge in [-0.05, 0) is 12.1 Å². The zero-order valence-corrected chi connectivity index (χ0v) is 10.1. The number of nitro groups is 1. The molecule has 1 aromatic heterocycles. The van der Waals surface area contributed by atoms with Crippen molar-refractivity contribution in [2.24, 2.45) is 5.84 Å². The monoisotopic (exact) mass is 278 g/mol. The van der Waals surface area contributed by atoms with Crippen LogP contribution in [0.3, 0.4) is 0 Å². The molecule has 10 heteroatoms. The van der Waals surface area contributed by atoms with Crippen LogP contribution in [0.25, 0.3) is 0 Å². The number of nitrogens with one attached hydrogen (secondary N) is 2. The maximum Gasteiger partial charge on any atom is 0.294 e. The van der Waals surface area contributed by atoms with E-state index in [-0.39, 0.29) is 23.5 Å². The van der Waals surface area contributed by atoms with Gasteiger partial charge in [-0.2, -0.15) is 4.98 Å². The summed E-state index contributed by atoms with van der Waals surface area (Å²) in [6.45, 7) is 0.0556. The van der Waals surface area contributed by atoms with E-state index >= 15 is 0 Å². The number of carbonyl (C=O) groups excluding carboxylic acids is 1. The Morgan fingerprint density at radius 2 is 2.30 bits per heavy atom. The van der Waals surface area contributed by atoms with E-state index in [9.17, 15) is 14.9 Å². The number of anilines is 1. The predicted molar refractivity (Wildman–Crippen MR) is 66.4 cm³/mol. The lowest BCUT2D eigenvalue weighted by Gasteiger charge is -2.05. The van der Waals surface area contributed by atoms with E-state index in [0.717, 1.165) is 12.5 Å². The minimum absolute atomic E-state index is 0.0556. The summed E-state index contributed by atoms with van der Waals surface area (Å²) in [5.41, 5.74) is 2.14. The Hall–Kier alpha value is -3.01. The number of amides is 1. The molecule has 0 fully saturated rings. The van der Waals surface area contributed by atoms with Crippen molar-refractivity contribution < 1.29 is 14.2 Å². The first-order valence-corrected chi connectivity index (χ1v) is 5.40. The molecule has 104 valence electrons. The van der Waals surface area contributed by atoms with E-state index in [1.807, 2.05) is 0 Å². The minimum Gasteiger partial charge on any atom is -0.345 e. The lowest BCUT2D eigenvalue weighted by Crippen LogP contribution is -2.23. The van der Waals surface area contributed by atoms with Crippen molar-refractivity contribution in [3.05, 3.63) is 46.1 Å². The highest BCUT2D eigenvalue weighted by Gasteiger charge is 2.17. The molecule has 0 aliphatic carbocycles. The lowest BCUT2D eigenvalue weighted by molar-refractivity contribution is -0.384. The van der Waals surface area contributed by atoms with Gasteiger partial charge in [0.15, 0.2) is 5.82 Å². The van der Waals surface area contributed by atoms with Crippen LogP contribution in [0.5, 0.6) is 0 Å². The van der Waals surface area contributed by atoms with E-state index in [0.29, 0.717) is 5.82 Å². The third-order valence-corrected chi connectivity index (χ3v) is 2.43. The molecule has 0 bridgehead atoms. The van der Waals surface area contributed by atoms with Crippen molar-refractivity contribution in [2.75, 3.05) is 5.43 Å². The normalized spacial score (nSPS) is 10.1. The molecule has 0 atom stereocenters. The first kappa shape index (κ1) is 13.4. The van der Waals surface area contributed by atoms with E-state index in [2.05, 4.69) is 25.4 Å². The van der Waals surface area contributed by atoms with Gasteiger partial charge in [-0.1, -0.05) is 5.16 Å². The zero-order chi connectivity index (χ0) is 14.5. The van der Waals surface area contributed by atoms with E-state index < -0.39 is 10.8 Å². The molecular formula is C10H10N6O4. The first-order chi connectivity index (χ1) is 9.61. The van der Waals surface area contributed by atoms with Gasteiger partial charge in [-0.3, -0.25) is 20.8 Å². The highest BCUT2D eigenvalue weighted by molar-refractivity contribution is 5.95. The Bertz CT molecular complexity index is 627.